The number of carbonyl (C=O) groups is 2. The predicted molar refractivity (Wildman–Crippen MR) is 111 cm³/mol. The second kappa shape index (κ2) is 7.66. The normalized spacial score (nSPS) is 19.3. The molecule has 0 radical (unpaired) electrons. The zero-order valence-corrected chi connectivity index (χ0v) is 16.7. The molecule has 31 heavy (non-hydrogen) atoms. The highest BCUT2D eigenvalue weighted by Crippen LogP contribution is 2.34. The lowest BCUT2D eigenvalue weighted by Crippen LogP contribution is -2.52. The number of fused-ring (bicyclic) bond motifs is 1. The largest absolute Gasteiger partial charge is 0.454 e. The van der Waals surface area contributed by atoms with Crippen molar-refractivity contribution in [1.29, 1.82) is 0 Å². The van der Waals surface area contributed by atoms with E-state index in [1.165, 1.54) is 12.1 Å². The molecule has 8 nitrogen and oxygen atoms in total. The number of hydrogen-bond acceptors (Lipinski definition) is 6. The lowest BCUT2D eigenvalue weighted by atomic mass is 9.98. The van der Waals surface area contributed by atoms with Gasteiger partial charge in [0, 0.05) is 43.2 Å². The molecule has 1 fully saturated rings. The van der Waals surface area contributed by atoms with Crippen molar-refractivity contribution in [2.75, 3.05) is 31.7 Å². The van der Waals surface area contributed by atoms with Gasteiger partial charge in [-0.15, -0.1) is 0 Å². The smallest absolute Gasteiger partial charge is 0.272 e. The van der Waals surface area contributed by atoms with E-state index in [4.69, 9.17) is 9.47 Å². The van der Waals surface area contributed by atoms with Crippen LogP contribution in [0, 0.1) is 5.82 Å². The first-order chi connectivity index (χ1) is 15.0. The van der Waals surface area contributed by atoms with Crippen LogP contribution in [0.25, 0.3) is 0 Å². The molecule has 2 N–H and O–H groups in total. The third-order valence-corrected chi connectivity index (χ3v) is 5.71. The highest BCUT2D eigenvalue weighted by atomic mass is 19.1. The number of rotatable bonds is 4. The Hall–Kier alpha value is -3.46. The molecule has 1 saturated heterocycles. The summed E-state index contributed by atoms with van der Waals surface area (Å²) < 4.78 is 23.8. The Balaban J connectivity index is 1.18. The van der Waals surface area contributed by atoms with Crippen molar-refractivity contribution in [3.05, 3.63) is 53.8 Å². The van der Waals surface area contributed by atoms with Crippen molar-refractivity contribution >= 4 is 23.2 Å². The maximum Gasteiger partial charge on any atom is 0.272 e. The van der Waals surface area contributed by atoms with Crippen molar-refractivity contribution in [3.8, 4) is 11.5 Å². The van der Waals surface area contributed by atoms with Gasteiger partial charge < -0.3 is 20.1 Å². The summed E-state index contributed by atoms with van der Waals surface area (Å²) in [5, 5.41) is 5.86. The van der Waals surface area contributed by atoms with E-state index in [0.717, 1.165) is 0 Å². The maximum absolute atomic E-state index is 13.2. The highest BCUT2D eigenvalue weighted by Gasteiger charge is 2.42. The summed E-state index contributed by atoms with van der Waals surface area (Å²) >= 11 is 0. The molecule has 9 heteroatoms. The quantitative estimate of drug-likeness (QED) is 0.782. The SMILES string of the molecule is O=C(CN1CCC2(CC1)N=C(c1ccc(F)cc1)C(=O)N2)Nc1ccc2c(c1)OCO2. The lowest BCUT2D eigenvalue weighted by Gasteiger charge is -2.36. The number of likely N-dealkylation sites (tertiary alicyclic amines) is 1. The Bertz CT molecular complexity index is 1060. The van der Waals surface area contributed by atoms with E-state index < -0.39 is 5.66 Å². The van der Waals surface area contributed by atoms with Gasteiger partial charge in [0.1, 0.15) is 17.2 Å². The molecule has 0 atom stereocenters. The molecule has 2 aromatic carbocycles. The van der Waals surface area contributed by atoms with Crippen LogP contribution in [0.4, 0.5) is 10.1 Å². The Kier molecular flexibility index (Phi) is 4.82. The molecule has 1 spiro atoms. The van der Waals surface area contributed by atoms with Gasteiger partial charge >= 0.3 is 0 Å². The maximum atomic E-state index is 13.2. The van der Waals surface area contributed by atoms with Gasteiger partial charge in [0.25, 0.3) is 5.91 Å². The van der Waals surface area contributed by atoms with E-state index >= 15 is 0 Å². The first-order valence-electron chi connectivity index (χ1n) is 10.1. The molecule has 0 aliphatic carbocycles. The molecule has 2 aromatic rings. The molecule has 3 heterocycles. The molecule has 0 bridgehead atoms. The van der Waals surface area contributed by atoms with Crippen molar-refractivity contribution < 1.29 is 23.5 Å². The fourth-order valence-corrected chi connectivity index (χ4v) is 4.06. The number of nitrogens with zero attached hydrogens (tertiary/aromatic N) is 2. The minimum atomic E-state index is -0.662. The van der Waals surface area contributed by atoms with Crippen LogP contribution in [-0.2, 0) is 9.59 Å². The van der Waals surface area contributed by atoms with Crippen LogP contribution in [0.2, 0.25) is 0 Å². The summed E-state index contributed by atoms with van der Waals surface area (Å²) in [7, 11) is 0. The number of anilines is 1. The first-order valence-corrected chi connectivity index (χ1v) is 10.1. The molecule has 0 aromatic heterocycles. The number of benzene rings is 2. The van der Waals surface area contributed by atoms with E-state index in [1.54, 1.807) is 30.3 Å². The van der Waals surface area contributed by atoms with E-state index in [2.05, 4.69) is 15.6 Å². The monoisotopic (exact) mass is 424 g/mol. The topological polar surface area (TPSA) is 92.3 Å². The van der Waals surface area contributed by atoms with Gasteiger partial charge in [0.15, 0.2) is 11.5 Å². The third-order valence-electron chi connectivity index (χ3n) is 5.71. The Morgan fingerprint density at radius 2 is 1.87 bits per heavy atom. The number of hydrogen-bond donors (Lipinski definition) is 2. The average molecular weight is 424 g/mol. The molecule has 5 rings (SSSR count). The van der Waals surface area contributed by atoms with Crippen LogP contribution < -0.4 is 20.1 Å². The number of carbonyl (C=O) groups excluding carboxylic acids is 2. The molecule has 3 aliphatic rings. The molecular weight excluding hydrogens is 403 g/mol. The molecule has 0 saturated carbocycles. The second-order valence-corrected chi connectivity index (χ2v) is 7.85. The van der Waals surface area contributed by atoms with Gasteiger partial charge in [-0.25, -0.2) is 4.39 Å². The Morgan fingerprint density at radius 3 is 2.65 bits per heavy atom. The van der Waals surface area contributed by atoms with Gasteiger partial charge in [0.05, 0.1) is 6.54 Å². The number of amides is 2. The zero-order chi connectivity index (χ0) is 21.4. The Morgan fingerprint density at radius 1 is 1.13 bits per heavy atom. The third kappa shape index (κ3) is 3.96. The van der Waals surface area contributed by atoms with Crippen LogP contribution in [0.3, 0.4) is 0 Å². The van der Waals surface area contributed by atoms with Crippen molar-refractivity contribution in [1.82, 2.24) is 10.2 Å². The summed E-state index contributed by atoms with van der Waals surface area (Å²) in [5.74, 6) is 0.550. The molecule has 0 unspecified atom stereocenters. The summed E-state index contributed by atoms with van der Waals surface area (Å²) in [6.07, 6.45) is 1.20. The van der Waals surface area contributed by atoms with E-state index in [-0.39, 0.29) is 31.0 Å². The van der Waals surface area contributed by atoms with Crippen LogP contribution in [0.1, 0.15) is 18.4 Å². The number of piperidine rings is 1. The van der Waals surface area contributed by atoms with Gasteiger partial charge in [-0.1, -0.05) is 0 Å². The number of aliphatic imine (C=N–C) groups is 1. The summed E-state index contributed by atoms with van der Waals surface area (Å²) in [6, 6.07) is 11.0. The standard InChI is InChI=1S/C22H21FN4O4/c23-15-3-1-14(2-4-15)20-21(29)26-22(25-20)7-9-27(10-8-22)12-19(28)24-16-5-6-17-18(11-16)31-13-30-17/h1-6,11H,7-10,12-13H2,(H,24,28)(H,26,29). The summed E-state index contributed by atoms with van der Waals surface area (Å²) in [5.41, 5.74) is 0.917. The van der Waals surface area contributed by atoms with Crippen LogP contribution in [0.5, 0.6) is 11.5 Å². The molecular formula is C22H21FN4O4. The Labute approximate surface area is 178 Å². The summed E-state index contributed by atoms with van der Waals surface area (Å²) in [4.78, 5) is 31.6. The molecule has 3 aliphatic heterocycles. The number of ether oxygens (including phenoxy) is 2. The van der Waals surface area contributed by atoms with E-state index in [0.29, 0.717) is 54.4 Å². The van der Waals surface area contributed by atoms with Crippen molar-refractivity contribution in [3.63, 3.8) is 0 Å². The van der Waals surface area contributed by atoms with Crippen LogP contribution >= 0.6 is 0 Å². The number of halogens is 1. The lowest BCUT2D eigenvalue weighted by molar-refractivity contribution is -0.119. The fourth-order valence-electron chi connectivity index (χ4n) is 4.06. The summed E-state index contributed by atoms with van der Waals surface area (Å²) in [6.45, 7) is 1.67. The fraction of sp³-hybridized carbons (Fsp3) is 0.318. The van der Waals surface area contributed by atoms with Crippen molar-refractivity contribution in [2.24, 2.45) is 4.99 Å². The second-order valence-electron chi connectivity index (χ2n) is 7.85. The van der Waals surface area contributed by atoms with Gasteiger partial charge in [0.2, 0.25) is 12.7 Å². The predicted octanol–water partition coefficient (Wildman–Crippen LogP) is 1.90. The van der Waals surface area contributed by atoms with Crippen LogP contribution in [-0.4, -0.2) is 54.5 Å². The van der Waals surface area contributed by atoms with E-state index in [1.807, 2.05) is 4.90 Å². The zero-order valence-electron chi connectivity index (χ0n) is 16.7. The minimum absolute atomic E-state index is 0.124. The minimum Gasteiger partial charge on any atom is -0.454 e. The molecule has 160 valence electrons. The van der Waals surface area contributed by atoms with E-state index in [9.17, 15) is 14.0 Å². The first kappa shape index (κ1) is 19.5. The number of nitrogens with one attached hydrogen (secondary N) is 2. The molecule has 2 amide bonds. The average Bonchev–Trinajstić information content (AvgIpc) is 3.34. The van der Waals surface area contributed by atoms with Crippen molar-refractivity contribution in [2.45, 2.75) is 18.5 Å². The highest BCUT2D eigenvalue weighted by molar-refractivity contribution is 6.46. The van der Waals surface area contributed by atoms with Gasteiger partial charge in [-0.3, -0.25) is 19.5 Å². The van der Waals surface area contributed by atoms with Gasteiger partial charge in [-0.2, -0.15) is 0 Å². The van der Waals surface area contributed by atoms with Crippen LogP contribution in [0.15, 0.2) is 47.5 Å². The van der Waals surface area contributed by atoms with Gasteiger partial charge in [-0.05, 0) is 36.4 Å².